The third kappa shape index (κ3) is 4.17. The monoisotopic (exact) mass is 428 g/mol. The van der Waals surface area contributed by atoms with E-state index in [-0.39, 0.29) is 5.91 Å². The Bertz CT molecular complexity index is 1080. The van der Waals surface area contributed by atoms with E-state index in [4.69, 9.17) is 4.74 Å². The van der Waals surface area contributed by atoms with Gasteiger partial charge in [0.15, 0.2) is 0 Å². The lowest BCUT2D eigenvalue weighted by Gasteiger charge is -2.24. The van der Waals surface area contributed by atoms with E-state index in [2.05, 4.69) is 60.4 Å². The van der Waals surface area contributed by atoms with Crippen molar-refractivity contribution in [3.05, 3.63) is 71.8 Å². The summed E-state index contributed by atoms with van der Waals surface area (Å²) < 4.78 is 5.54. The summed E-state index contributed by atoms with van der Waals surface area (Å²) in [5.74, 6) is 0.105. The average Bonchev–Trinajstić information content (AvgIpc) is 3.25. The van der Waals surface area contributed by atoms with Crippen molar-refractivity contribution in [3.8, 4) is 11.1 Å². The van der Waals surface area contributed by atoms with Crippen LogP contribution in [0, 0.1) is 0 Å². The number of amides is 1. The summed E-state index contributed by atoms with van der Waals surface area (Å²) in [7, 11) is 0. The van der Waals surface area contributed by atoms with Crippen LogP contribution in [0.15, 0.2) is 60.7 Å². The highest BCUT2D eigenvalue weighted by atomic mass is 16.5. The minimum absolute atomic E-state index is 0.105. The zero-order valence-electron chi connectivity index (χ0n) is 18.9. The number of ether oxygens (including phenoxy) is 1. The van der Waals surface area contributed by atoms with Gasteiger partial charge < -0.3 is 9.64 Å². The van der Waals surface area contributed by atoms with Gasteiger partial charge in [-0.1, -0.05) is 54.6 Å². The van der Waals surface area contributed by atoms with Crippen LogP contribution in [-0.2, 0) is 4.74 Å². The van der Waals surface area contributed by atoms with Gasteiger partial charge in [0.2, 0.25) is 0 Å². The molecule has 1 unspecified atom stereocenters. The smallest absolute Gasteiger partial charge is 0.254 e. The average molecular weight is 429 g/mol. The molecule has 1 atom stereocenters. The highest BCUT2D eigenvalue weighted by Gasteiger charge is 2.21. The van der Waals surface area contributed by atoms with Crippen molar-refractivity contribution in [1.29, 1.82) is 0 Å². The number of fused-ring (bicyclic) bond motifs is 1. The van der Waals surface area contributed by atoms with E-state index in [0.29, 0.717) is 19.2 Å². The molecular weight excluding hydrogens is 396 g/mol. The maximum Gasteiger partial charge on any atom is 0.254 e. The molecule has 0 radical (unpaired) electrons. The zero-order chi connectivity index (χ0) is 21.9. The van der Waals surface area contributed by atoms with Crippen molar-refractivity contribution in [2.45, 2.75) is 32.2 Å². The first kappa shape index (κ1) is 21.2. The summed E-state index contributed by atoms with van der Waals surface area (Å²) in [6.45, 7) is 7.47. The van der Waals surface area contributed by atoms with Gasteiger partial charge in [-0.15, -0.1) is 0 Å². The van der Waals surface area contributed by atoms with Gasteiger partial charge in [-0.25, -0.2) is 0 Å². The van der Waals surface area contributed by atoms with Crippen molar-refractivity contribution in [1.82, 2.24) is 9.80 Å². The van der Waals surface area contributed by atoms with Gasteiger partial charge in [0.05, 0.1) is 6.61 Å². The standard InChI is InChI=1S/C28H32N2O2/c1-21(29-15-2-3-16-29)22-11-13-23(14-12-22)24-7-4-9-26-25(24)8-5-10-27(26)28(31)30-17-6-19-32-20-18-30/h4-5,7-14,21H,2-3,6,15-20H2,1H3. The Hall–Kier alpha value is -2.69. The Morgan fingerprint density at radius 2 is 1.56 bits per heavy atom. The Kier molecular flexibility index (Phi) is 6.24. The summed E-state index contributed by atoms with van der Waals surface area (Å²) in [4.78, 5) is 17.8. The Labute approximate surface area is 190 Å². The molecule has 0 bridgehead atoms. The van der Waals surface area contributed by atoms with E-state index < -0.39 is 0 Å². The van der Waals surface area contributed by atoms with E-state index in [9.17, 15) is 4.79 Å². The molecule has 4 nitrogen and oxygen atoms in total. The van der Waals surface area contributed by atoms with E-state index in [0.717, 1.165) is 35.9 Å². The van der Waals surface area contributed by atoms with Crippen LogP contribution >= 0.6 is 0 Å². The van der Waals surface area contributed by atoms with Crippen molar-refractivity contribution < 1.29 is 9.53 Å². The molecule has 0 saturated carbocycles. The Morgan fingerprint density at radius 1 is 0.812 bits per heavy atom. The molecule has 3 aromatic carbocycles. The first-order valence-electron chi connectivity index (χ1n) is 12.0. The molecule has 2 saturated heterocycles. The highest BCUT2D eigenvalue weighted by Crippen LogP contribution is 2.33. The van der Waals surface area contributed by atoms with Crippen LogP contribution in [-0.4, -0.2) is 55.1 Å². The number of hydrogen-bond donors (Lipinski definition) is 0. The minimum Gasteiger partial charge on any atom is -0.380 e. The molecule has 0 N–H and O–H groups in total. The molecule has 2 heterocycles. The Morgan fingerprint density at radius 3 is 2.38 bits per heavy atom. The third-order valence-electron chi connectivity index (χ3n) is 7.05. The summed E-state index contributed by atoms with van der Waals surface area (Å²) in [5, 5.41) is 2.15. The molecule has 2 aliphatic rings. The van der Waals surface area contributed by atoms with Crippen LogP contribution in [0.3, 0.4) is 0 Å². The molecule has 2 aliphatic heterocycles. The van der Waals surface area contributed by atoms with Crippen molar-refractivity contribution >= 4 is 16.7 Å². The fourth-order valence-corrected chi connectivity index (χ4v) is 5.15. The summed E-state index contributed by atoms with van der Waals surface area (Å²) in [6, 6.07) is 21.9. The summed E-state index contributed by atoms with van der Waals surface area (Å²) in [5.41, 5.74) is 4.53. The van der Waals surface area contributed by atoms with Crippen LogP contribution in [0.25, 0.3) is 21.9 Å². The molecule has 1 amide bonds. The molecule has 3 aromatic rings. The predicted molar refractivity (Wildman–Crippen MR) is 130 cm³/mol. The van der Waals surface area contributed by atoms with E-state index in [1.54, 1.807) is 0 Å². The maximum atomic E-state index is 13.3. The Balaban J connectivity index is 1.46. The van der Waals surface area contributed by atoms with Crippen LogP contribution in [0.4, 0.5) is 0 Å². The second-order valence-electron chi connectivity index (χ2n) is 9.01. The van der Waals surface area contributed by atoms with Gasteiger partial charge >= 0.3 is 0 Å². The maximum absolute atomic E-state index is 13.3. The van der Waals surface area contributed by atoms with Gasteiger partial charge in [-0.2, -0.15) is 0 Å². The third-order valence-corrected chi connectivity index (χ3v) is 7.05. The quantitative estimate of drug-likeness (QED) is 0.548. The first-order chi connectivity index (χ1) is 15.7. The second kappa shape index (κ2) is 9.43. The lowest BCUT2D eigenvalue weighted by Crippen LogP contribution is -2.33. The first-order valence-corrected chi connectivity index (χ1v) is 12.0. The van der Waals surface area contributed by atoms with Gasteiger partial charge in [0.25, 0.3) is 5.91 Å². The minimum atomic E-state index is 0.105. The van der Waals surface area contributed by atoms with E-state index in [1.165, 1.54) is 42.6 Å². The largest absolute Gasteiger partial charge is 0.380 e. The molecule has 0 aliphatic carbocycles. The molecule has 2 fully saturated rings. The molecule has 32 heavy (non-hydrogen) atoms. The van der Waals surface area contributed by atoms with Crippen LogP contribution in [0.1, 0.15) is 48.1 Å². The number of benzene rings is 3. The summed E-state index contributed by atoms with van der Waals surface area (Å²) in [6.07, 6.45) is 3.51. The number of likely N-dealkylation sites (tertiary alicyclic amines) is 1. The van der Waals surface area contributed by atoms with Gasteiger partial charge in [-0.05, 0) is 72.8 Å². The molecule has 4 heteroatoms. The van der Waals surface area contributed by atoms with E-state index >= 15 is 0 Å². The van der Waals surface area contributed by atoms with Crippen LogP contribution in [0.5, 0.6) is 0 Å². The highest BCUT2D eigenvalue weighted by molar-refractivity contribution is 6.10. The number of hydrogen-bond acceptors (Lipinski definition) is 3. The van der Waals surface area contributed by atoms with Gasteiger partial charge in [0, 0.05) is 31.3 Å². The van der Waals surface area contributed by atoms with Crippen molar-refractivity contribution in [3.63, 3.8) is 0 Å². The fourth-order valence-electron chi connectivity index (χ4n) is 5.15. The lowest BCUT2D eigenvalue weighted by molar-refractivity contribution is 0.0743. The van der Waals surface area contributed by atoms with E-state index in [1.807, 2.05) is 17.0 Å². The molecule has 0 spiro atoms. The van der Waals surface area contributed by atoms with Crippen molar-refractivity contribution in [2.75, 3.05) is 39.4 Å². The number of nitrogens with zero attached hydrogens (tertiary/aromatic N) is 2. The number of carbonyl (C=O) groups excluding carboxylic acids is 1. The molecule has 0 aromatic heterocycles. The van der Waals surface area contributed by atoms with Gasteiger partial charge in [-0.3, -0.25) is 9.69 Å². The topological polar surface area (TPSA) is 32.8 Å². The van der Waals surface area contributed by atoms with Crippen LogP contribution in [0.2, 0.25) is 0 Å². The van der Waals surface area contributed by atoms with Crippen molar-refractivity contribution in [2.24, 2.45) is 0 Å². The molecular formula is C28H32N2O2. The normalized spacial score (nSPS) is 18.6. The predicted octanol–water partition coefficient (Wildman–Crippen LogP) is 5.53. The molecule has 5 rings (SSSR count). The fraction of sp³-hybridized carbons (Fsp3) is 0.393. The van der Waals surface area contributed by atoms with Gasteiger partial charge in [0.1, 0.15) is 0 Å². The number of rotatable bonds is 4. The number of carbonyl (C=O) groups is 1. The second-order valence-corrected chi connectivity index (χ2v) is 9.01. The zero-order valence-corrected chi connectivity index (χ0v) is 18.9. The SMILES string of the molecule is CC(c1ccc(-c2cccc3c(C(=O)N4CCCOCC4)cccc23)cc1)N1CCCC1. The summed E-state index contributed by atoms with van der Waals surface area (Å²) >= 11 is 0. The lowest BCUT2D eigenvalue weighted by atomic mass is 9.94. The van der Waals surface area contributed by atoms with Crippen LogP contribution < -0.4 is 0 Å². The molecule has 166 valence electrons.